The summed E-state index contributed by atoms with van der Waals surface area (Å²) in [6, 6.07) is 2.79. The van der Waals surface area contributed by atoms with E-state index in [9.17, 15) is 13.2 Å². The first-order valence-corrected chi connectivity index (χ1v) is 8.94. The summed E-state index contributed by atoms with van der Waals surface area (Å²) in [5.74, 6) is 0.909. The van der Waals surface area contributed by atoms with E-state index >= 15 is 0 Å². The van der Waals surface area contributed by atoms with Crippen LogP contribution in [0.3, 0.4) is 0 Å². The molecule has 0 saturated carbocycles. The van der Waals surface area contributed by atoms with E-state index in [1.165, 1.54) is 12.0 Å². The summed E-state index contributed by atoms with van der Waals surface area (Å²) in [6.45, 7) is 3.96. The topological polar surface area (TPSA) is 88.6 Å². The fraction of sp³-hybridized carbons (Fsp3) is 0.571. The predicted octanol–water partition coefficient (Wildman–Crippen LogP) is 1.44. The van der Waals surface area contributed by atoms with E-state index < -0.39 is 9.84 Å². The number of pyridine rings is 1. The molecule has 2 heterocycles. The summed E-state index contributed by atoms with van der Waals surface area (Å²) in [5, 5.41) is 2.71. The molecule has 1 saturated heterocycles. The van der Waals surface area contributed by atoms with Crippen molar-refractivity contribution in [2.45, 2.75) is 26.3 Å². The van der Waals surface area contributed by atoms with Gasteiger partial charge in [0.2, 0.25) is 0 Å². The summed E-state index contributed by atoms with van der Waals surface area (Å²) in [5.41, 5.74) is 0.752. The van der Waals surface area contributed by atoms with Crippen molar-refractivity contribution < 1.29 is 17.9 Å². The molecule has 1 atom stereocenters. The van der Waals surface area contributed by atoms with Crippen molar-refractivity contribution >= 4 is 21.7 Å². The third kappa shape index (κ3) is 3.88. The number of carbonyl (C=O) groups is 1. The van der Waals surface area contributed by atoms with Crippen molar-refractivity contribution in [2.24, 2.45) is 0 Å². The van der Waals surface area contributed by atoms with Gasteiger partial charge in [-0.2, -0.15) is 0 Å². The highest BCUT2D eigenvalue weighted by Gasteiger charge is 2.29. The Balaban J connectivity index is 2.16. The maximum absolute atomic E-state index is 12.4. The average Bonchev–Trinajstić information content (AvgIpc) is 2.56. The Kier molecular flexibility index (Phi) is 4.90. The number of hydrogen-bond donors (Lipinski definition) is 1. The monoisotopic (exact) mass is 327 g/mol. The van der Waals surface area contributed by atoms with Crippen molar-refractivity contribution in [2.75, 3.05) is 30.5 Å². The van der Waals surface area contributed by atoms with Crippen molar-refractivity contribution in [1.29, 1.82) is 0 Å². The lowest BCUT2D eigenvalue weighted by molar-refractivity contribution is 0.199. The van der Waals surface area contributed by atoms with Gasteiger partial charge in [-0.05, 0) is 32.4 Å². The molecule has 1 aromatic heterocycles. The van der Waals surface area contributed by atoms with Crippen LogP contribution in [0, 0.1) is 6.92 Å². The number of methoxy groups -OCH3 is 1. The minimum absolute atomic E-state index is 0.0151. The van der Waals surface area contributed by atoms with Crippen molar-refractivity contribution in [3.63, 3.8) is 0 Å². The number of sulfone groups is 1. The van der Waals surface area contributed by atoms with Gasteiger partial charge in [0.05, 0.1) is 18.6 Å². The molecule has 0 aromatic carbocycles. The van der Waals surface area contributed by atoms with Crippen LogP contribution in [0.2, 0.25) is 0 Å². The summed E-state index contributed by atoms with van der Waals surface area (Å²) < 4.78 is 28.7. The van der Waals surface area contributed by atoms with Crippen LogP contribution < -0.4 is 10.1 Å². The highest BCUT2D eigenvalue weighted by Crippen LogP contribution is 2.23. The van der Waals surface area contributed by atoms with E-state index in [0.717, 1.165) is 5.69 Å². The maximum Gasteiger partial charge on any atom is 0.323 e. The van der Waals surface area contributed by atoms with Crippen LogP contribution in [-0.4, -0.2) is 55.5 Å². The van der Waals surface area contributed by atoms with Crippen LogP contribution in [0.25, 0.3) is 0 Å². The van der Waals surface area contributed by atoms with Gasteiger partial charge >= 0.3 is 6.03 Å². The van der Waals surface area contributed by atoms with Crippen LogP contribution in [0.4, 0.5) is 10.6 Å². The molecule has 1 aliphatic rings. The van der Waals surface area contributed by atoms with Crippen LogP contribution in [-0.2, 0) is 9.84 Å². The molecule has 0 aliphatic carbocycles. The van der Waals surface area contributed by atoms with E-state index in [2.05, 4.69) is 10.3 Å². The number of nitrogens with zero attached hydrogens (tertiary/aromatic N) is 2. The van der Waals surface area contributed by atoms with Crippen molar-refractivity contribution in [3.8, 4) is 5.75 Å². The Hall–Kier alpha value is -1.83. The largest absolute Gasteiger partial charge is 0.493 e. The Morgan fingerprint density at radius 3 is 2.86 bits per heavy atom. The maximum atomic E-state index is 12.4. The third-order valence-corrected chi connectivity index (χ3v) is 5.49. The van der Waals surface area contributed by atoms with Gasteiger partial charge < -0.3 is 9.64 Å². The van der Waals surface area contributed by atoms with Crippen molar-refractivity contribution in [3.05, 3.63) is 17.8 Å². The first-order chi connectivity index (χ1) is 10.3. The predicted molar refractivity (Wildman–Crippen MR) is 84.0 cm³/mol. The summed E-state index contributed by atoms with van der Waals surface area (Å²) in [6.07, 6.45) is 0.443. The first-order valence-electron chi connectivity index (χ1n) is 7.12. The van der Waals surface area contributed by atoms with Crippen molar-refractivity contribution in [1.82, 2.24) is 9.88 Å². The lowest BCUT2D eigenvalue weighted by atomic mass is 10.3. The zero-order valence-electron chi connectivity index (χ0n) is 13.0. The summed E-state index contributed by atoms with van der Waals surface area (Å²) in [7, 11) is -1.59. The van der Waals surface area contributed by atoms with Gasteiger partial charge in [-0.25, -0.2) is 18.2 Å². The van der Waals surface area contributed by atoms with E-state index in [1.807, 2.05) is 6.92 Å². The van der Waals surface area contributed by atoms with E-state index in [4.69, 9.17) is 4.74 Å². The minimum Gasteiger partial charge on any atom is -0.493 e. The Morgan fingerprint density at radius 2 is 2.18 bits per heavy atom. The second-order valence-corrected chi connectivity index (χ2v) is 7.67. The minimum atomic E-state index is -3.09. The zero-order chi connectivity index (χ0) is 16.3. The summed E-state index contributed by atoms with van der Waals surface area (Å²) in [4.78, 5) is 18.2. The van der Waals surface area contributed by atoms with Crippen LogP contribution in [0.5, 0.6) is 5.75 Å². The molecule has 8 heteroatoms. The number of aromatic nitrogens is 1. The molecule has 0 bridgehead atoms. The fourth-order valence-electron chi connectivity index (χ4n) is 2.49. The third-order valence-electron chi connectivity index (χ3n) is 3.59. The Labute approximate surface area is 130 Å². The molecule has 1 aliphatic heterocycles. The number of anilines is 1. The molecule has 1 unspecified atom stereocenters. The standard InChI is InChI=1S/C14H21N3O4S/c1-10-5-6-12(21-3)13(15-10)16-14(18)17-7-4-8-22(19,20)9-11(17)2/h5-6,11H,4,7-9H2,1-3H3,(H,15,16,18). The molecule has 2 rings (SSSR count). The second-order valence-electron chi connectivity index (χ2n) is 5.44. The molecule has 1 N–H and O–H groups in total. The number of rotatable bonds is 2. The average molecular weight is 327 g/mol. The molecule has 2 amide bonds. The van der Waals surface area contributed by atoms with Gasteiger partial charge in [0, 0.05) is 18.3 Å². The number of hydrogen-bond acceptors (Lipinski definition) is 5. The van der Waals surface area contributed by atoms with Gasteiger partial charge in [-0.1, -0.05) is 0 Å². The van der Waals surface area contributed by atoms with E-state index in [1.54, 1.807) is 19.1 Å². The molecule has 0 spiro atoms. The molecular weight excluding hydrogens is 306 g/mol. The molecule has 1 aromatic rings. The number of aryl methyl sites for hydroxylation is 1. The number of nitrogens with one attached hydrogen (secondary N) is 1. The molecule has 22 heavy (non-hydrogen) atoms. The molecule has 122 valence electrons. The van der Waals surface area contributed by atoms with E-state index in [0.29, 0.717) is 24.5 Å². The molecule has 0 radical (unpaired) electrons. The zero-order valence-corrected chi connectivity index (χ0v) is 13.8. The number of carbonyl (C=O) groups excluding carboxylic acids is 1. The lowest BCUT2D eigenvalue weighted by Gasteiger charge is -2.26. The van der Waals surface area contributed by atoms with Gasteiger partial charge in [0.25, 0.3) is 0 Å². The smallest absolute Gasteiger partial charge is 0.323 e. The second kappa shape index (κ2) is 6.51. The molecule has 1 fully saturated rings. The molecular formula is C14H21N3O4S. The number of urea groups is 1. The molecule has 7 nitrogen and oxygen atoms in total. The SMILES string of the molecule is COc1ccc(C)nc1NC(=O)N1CCCS(=O)(=O)CC1C. The van der Waals surface area contributed by atoms with Gasteiger partial charge in [-0.15, -0.1) is 0 Å². The lowest BCUT2D eigenvalue weighted by Crippen LogP contribution is -2.43. The van der Waals surface area contributed by atoms with Gasteiger partial charge in [-0.3, -0.25) is 5.32 Å². The van der Waals surface area contributed by atoms with Gasteiger partial charge in [0.1, 0.15) is 0 Å². The van der Waals surface area contributed by atoms with Crippen LogP contribution in [0.1, 0.15) is 19.0 Å². The van der Waals surface area contributed by atoms with E-state index in [-0.39, 0.29) is 23.6 Å². The Morgan fingerprint density at radius 1 is 1.45 bits per heavy atom. The number of amides is 2. The van der Waals surface area contributed by atoms with Crippen LogP contribution >= 0.6 is 0 Å². The van der Waals surface area contributed by atoms with Crippen LogP contribution in [0.15, 0.2) is 12.1 Å². The normalized spacial score (nSPS) is 21.0. The fourth-order valence-corrected chi connectivity index (χ4v) is 4.14. The van der Waals surface area contributed by atoms with Gasteiger partial charge in [0.15, 0.2) is 21.4 Å². The Bertz CT molecular complexity index is 660. The quantitative estimate of drug-likeness (QED) is 0.888. The first kappa shape index (κ1) is 16.5. The highest BCUT2D eigenvalue weighted by atomic mass is 32.2. The highest BCUT2D eigenvalue weighted by molar-refractivity contribution is 7.91. The number of ether oxygens (including phenoxy) is 1. The summed E-state index contributed by atoms with van der Waals surface area (Å²) >= 11 is 0.